The monoisotopic (exact) mass is 475 g/mol. The molecular weight excluding hydrogens is 427 g/mol. The minimum Gasteiger partial charge on any atom is -0.519 e. The molecule has 0 amide bonds. The van der Waals surface area contributed by atoms with Crippen molar-refractivity contribution in [2.24, 2.45) is 0 Å². The fourth-order valence-corrected chi connectivity index (χ4v) is 5.40. The predicted molar refractivity (Wildman–Crippen MR) is 135 cm³/mol. The minimum absolute atomic E-state index is 0.00642. The van der Waals surface area contributed by atoms with Crippen molar-refractivity contribution in [2.45, 2.75) is 129 Å². The van der Waals surface area contributed by atoms with Gasteiger partial charge in [0.2, 0.25) is 0 Å². The molecule has 0 aliphatic carbocycles. The zero-order valence-electron chi connectivity index (χ0n) is 22.4. The van der Waals surface area contributed by atoms with E-state index >= 15 is 0 Å². The molecule has 0 radical (unpaired) electrons. The molecule has 0 spiro atoms. The number of rotatable bonds is 7. The number of carbonyl (C=O) groups excluding carboxylic acids is 2. The van der Waals surface area contributed by atoms with Crippen LogP contribution in [0.1, 0.15) is 68.7 Å². The summed E-state index contributed by atoms with van der Waals surface area (Å²) >= 11 is 0. The van der Waals surface area contributed by atoms with Crippen LogP contribution in [0.15, 0.2) is 0 Å². The van der Waals surface area contributed by atoms with E-state index in [1.165, 1.54) is 0 Å². The molecule has 0 aromatic rings. The Morgan fingerprint density at radius 2 is 1.07 bits per heavy atom. The van der Waals surface area contributed by atoms with Crippen LogP contribution in [-0.2, 0) is 18.4 Å². The summed E-state index contributed by atoms with van der Waals surface area (Å²) in [6.07, 6.45) is 0.00642. The van der Waals surface area contributed by atoms with Gasteiger partial charge < -0.3 is 13.8 Å². The maximum atomic E-state index is 13.3. The van der Waals surface area contributed by atoms with E-state index in [2.05, 4.69) is 107 Å². The van der Waals surface area contributed by atoms with E-state index < -0.39 is 30.9 Å². The number of hydrogen-bond acceptors (Lipinski definition) is 5. The van der Waals surface area contributed by atoms with Crippen LogP contribution in [0.3, 0.4) is 0 Å². The predicted octanol–water partition coefficient (Wildman–Crippen LogP) is 6.44. The summed E-state index contributed by atoms with van der Waals surface area (Å²) in [5.74, 6) is -0.636. The molecule has 1 atom stereocenters. The standard InChI is InChI=1S/C22H49NO4Si3/c1-20(2,3)28(10,11)23-17(19(25)27-30(14,15)22(7,8)9)16-18(24)26-29(12,13)21(4,5)6/h17,23H,16H2,1-15H3. The minimum atomic E-state index is -2.30. The van der Waals surface area contributed by atoms with Gasteiger partial charge in [0.15, 0.2) is 0 Å². The Bertz CT molecular complexity index is 624. The van der Waals surface area contributed by atoms with Gasteiger partial charge in [-0.25, -0.2) is 0 Å². The lowest BCUT2D eigenvalue weighted by Crippen LogP contribution is -2.60. The SMILES string of the molecule is CC(C)(C)[Si](C)(C)NC(CC(=O)O[Si](C)(C)C(C)(C)C)C(=O)O[Si](C)(C)C(C)(C)C. The third-order valence-electron chi connectivity index (χ3n) is 7.40. The van der Waals surface area contributed by atoms with E-state index in [9.17, 15) is 9.59 Å². The molecule has 1 unspecified atom stereocenters. The summed E-state index contributed by atoms with van der Waals surface area (Å²) in [5.41, 5.74) is 0. The van der Waals surface area contributed by atoms with Crippen LogP contribution in [0.2, 0.25) is 54.4 Å². The van der Waals surface area contributed by atoms with Crippen LogP contribution < -0.4 is 4.98 Å². The highest BCUT2D eigenvalue weighted by Crippen LogP contribution is 2.39. The van der Waals surface area contributed by atoms with Crippen LogP contribution in [0, 0.1) is 0 Å². The number of nitrogens with one attached hydrogen (secondary N) is 1. The van der Waals surface area contributed by atoms with E-state index in [1.54, 1.807) is 0 Å². The molecule has 0 aromatic carbocycles. The molecule has 0 rings (SSSR count). The van der Waals surface area contributed by atoms with Gasteiger partial charge in [-0.1, -0.05) is 75.4 Å². The molecular formula is C22H49NO4Si3. The largest absolute Gasteiger partial charge is 0.519 e. The summed E-state index contributed by atoms with van der Waals surface area (Å²) in [4.78, 5) is 29.8. The average Bonchev–Trinajstić information content (AvgIpc) is 2.41. The van der Waals surface area contributed by atoms with Gasteiger partial charge in [0.05, 0.1) is 6.42 Å². The average molecular weight is 476 g/mol. The normalized spacial score (nSPS) is 15.6. The second-order valence-electron chi connectivity index (χ2n) is 13.2. The van der Waals surface area contributed by atoms with Crippen LogP contribution >= 0.6 is 0 Å². The highest BCUT2D eigenvalue weighted by atomic mass is 28.4. The van der Waals surface area contributed by atoms with Crippen molar-refractivity contribution in [1.82, 2.24) is 4.98 Å². The summed E-state index contributed by atoms with van der Waals surface area (Å²) in [5, 5.41) is -0.148. The van der Waals surface area contributed by atoms with E-state index in [-0.39, 0.29) is 33.5 Å². The van der Waals surface area contributed by atoms with Crippen molar-refractivity contribution in [2.75, 3.05) is 0 Å². The fourth-order valence-electron chi connectivity index (χ4n) is 1.97. The van der Waals surface area contributed by atoms with Gasteiger partial charge in [0.1, 0.15) is 14.3 Å². The van der Waals surface area contributed by atoms with Crippen molar-refractivity contribution < 1.29 is 18.4 Å². The Hall–Kier alpha value is -0.449. The van der Waals surface area contributed by atoms with Crippen LogP contribution in [-0.4, -0.2) is 42.9 Å². The molecule has 0 aliphatic heterocycles. The molecule has 0 fully saturated rings. The number of carbonyl (C=O) groups is 2. The zero-order valence-corrected chi connectivity index (χ0v) is 25.4. The first-order valence-electron chi connectivity index (χ1n) is 11.1. The lowest BCUT2D eigenvalue weighted by Gasteiger charge is -2.42. The molecule has 0 heterocycles. The topological polar surface area (TPSA) is 64.6 Å². The Balaban J connectivity index is 5.76. The van der Waals surface area contributed by atoms with Gasteiger partial charge >= 0.3 is 5.97 Å². The first-order chi connectivity index (χ1) is 12.8. The van der Waals surface area contributed by atoms with Gasteiger partial charge in [-0.2, -0.15) is 0 Å². The quantitative estimate of drug-likeness (QED) is 0.429. The first kappa shape index (κ1) is 29.6. The molecule has 178 valence electrons. The highest BCUT2D eigenvalue weighted by molar-refractivity contribution is 6.78. The molecule has 1 N–H and O–H groups in total. The Kier molecular flexibility index (Phi) is 9.06. The van der Waals surface area contributed by atoms with E-state index in [0.29, 0.717) is 0 Å². The molecule has 0 saturated carbocycles. The Morgan fingerprint density at radius 1 is 0.700 bits per heavy atom. The van der Waals surface area contributed by atoms with Crippen molar-refractivity contribution in [3.63, 3.8) is 0 Å². The molecule has 0 bridgehead atoms. The van der Waals surface area contributed by atoms with Crippen molar-refractivity contribution in [3.05, 3.63) is 0 Å². The Labute approximate surface area is 189 Å². The fraction of sp³-hybridized carbons (Fsp3) is 0.909. The lowest BCUT2D eigenvalue weighted by atomic mass is 10.2. The second kappa shape index (κ2) is 9.19. The van der Waals surface area contributed by atoms with Gasteiger partial charge in [-0.15, -0.1) is 0 Å². The maximum Gasteiger partial charge on any atom is 0.309 e. The molecule has 8 heteroatoms. The van der Waals surface area contributed by atoms with Crippen molar-refractivity contribution in [3.8, 4) is 0 Å². The molecule has 0 saturated heterocycles. The third-order valence-corrected chi connectivity index (χ3v) is 20.9. The van der Waals surface area contributed by atoms with Gasteiger partial charge in [0.25, 0.3) is 22.6 Å². The first-order valence-corrected chi connectivity index (χ1v) is 19.9. The Morgan fingerprint density at radius 3 is 1.40 bits per heavy atom. The van der Waals surface area contributed by atoms with E-state index in [0.717, 1.165) is 0 Å². The second-order valence-corrected chi connectivity index (χ2v) is 27.7. The van der Waals surface area contributed by atoms with E-state index in [4.69, 9.17) is 8.85 Å². The highest BCUT2D eigenvalue weighted by Gasteiger charge is 2.46. The molecule has 0 aromatic heterocycles. The number of hydrogen-bond donors (Lipinski definition) is 1. The summed E-state index contributed by atoms with van der Waals surface area (Å²) < 4.78 is 12.0. The van der Waals surface area contributed by atoms with Gasteiger partial charge in [0, 0.05) is 0 Å². The van der Waals surface area contributed by atoms with Crippen LogP contribution in [0.25, 0.3) is 0 Å². The van der Waals surface area contributed by atoms with Gasteiger partial charge in [-0.05, 0) is 41.3 Å². The molecule has 0 aliphatic rings. The van der Waals surface area contributed by atoms with Crippen LogP contribution in [0.5, 0.6) is 0 Å². The maximum absolute atomic E-state index is 13.3. The van der Waals surface area contributed by atoms with Crippen molar-refractivity contribution in [1.29, 1.82) is 0 Å². The van der Waals surface area contributed by atoms with Crippen LogP contribution in [0.4, 0.5) is 0 Å². The molecule has 5 nitrogen and oxygen atoms in total. The van der Waals surface area contributed by atoms with Gasteiger partial charge in [-0.3, -0.25) is 9.59 Å². The smallest absolute Gasteiger partial charge is 0.309 e. The summed E-state index contributed by atoms with van der Waals surface area (Å²) in [6.45, 7) is 31.8. The zero-order chi connectivity index (χ0) is 24.6. The third kappa shape index (κ3) is 7.91. The lowest BCUT2D eigenvalue weighted by molar-refractivity contribution is -0.143. The molecule has 30 heavy (non-hydrogen) atoms. The summed E-state index contributed by atoms with van der Waals surface area (Å²) in [6, 6.07) is -0.683. The van der Waals surface area contributed by atoms with E-state index in [1.807, 2.05) is 0 Å². The summed E-state index contributed by atoms with van der Waals surface area (Å²) in [7, 11) is -6.59. The van der Waals surface area contributed by atoms with Crippen molar-refractivity contribution >= 4 is 36.8 Å².